The van der Waals surface area contributed by atoms with Gasteiger partial charge >= 0.3 is 0 Å². The molecule has 0 bridgehead atoms. The van der Waals surface area contributed by atoms with Gasteiger partial charge < -0.3 is 5.11 Å². The van der Waals surface area contributed by atoms with Crippen LogP contribution >= 0.6 is 11.6 Å². The van der Waals surface area contributed by atoms with Gasteiger partial charge in [-0.1, -0.05) is 23.7 Å². The molecule has 0 aliphatic carbocycles. The molecule has 2 rings (SSSR count). The summed E-state index contributed by atoms with van der Waals surface area (Å²) in [6.07, 6.45) is -1.24. The molecule has 18 heavy (non-hydrogen) atoms. The van der Waals surface area contributed by atoms with Crippen LogP contribution in [0.3, 0.4) is 0 Å². The Kier molecular flexibility index (Phi) is 3.59. The molecule has 0 fully saturated rings. The third-order valence-corrected chi connectivity index (χ3v) is 2.83. The first-order valence-electron chi connectivity index (χ1n) is 5.07. The first-order valence-corrected chi connectivity index (χ1v) is 5.45. The van der Waals surface area contributed by atoms with Crippen LogP contribution in [0.5, 0.6) is 0 Å². The highest BCUT2D eigenvalue weighted by Gasteiger charge is 2.14. The second-order valence-electron chi connectivity index (χ2n) is 3.75. The Hall–Kier alpha value is -1.52. The fourth-order valence-electron chi connectivity index (χ4n) is 1.56. The lowest BCUT2D eigenvalue weighted by atomic mass is 10.0. The topological polar surface area (TPSA) is 20.2 Å². The highest BCUT2D eigenvalue weighted by molar-refractivity contribution is 6.30. The maximum Gasteiger partial charge on any atom is 0.159 e. The smallest absolute Gasteiger partial charge is 0.159 e. The second-order valence-corrected chi connectivity index (χ2v) is 4.16. The van der Waals surface area contributed by atoms with E-state index in [1.807, 2.05) is 0 Å². The van der Waals surface area contributed by atoms with E-state index in [2.05, 4.69) is 0 Å². The zero-order valence-corrected chi connectivity index (χ0v) is 9.76. The molecule has 0 saturated heterocycles. The van der Waals surface area contributed by atoms with E-state index < -0.39 is 23.6 Å². The molecule has 1 N–H and O–H groups in total. The SMILES string of the molecule is OC(c1ccc(F)c(F)c1)c1ccc(Cl)c(F)c1. The van der Waals surface area contributed by atoms with Crippen molar-refractivity contribution in [1.29, 1.82) is 0 Å². The number of hydrogen-bond donors (Lipinski definition) is 1. The van der Waals surface area contributed by atoms with E-state index in [1.165, 1.54) is 18.2 Å². The number of rotatable bonds is 2. The molecule has 0 aliphatic rings. The van der Waals surface area contributed by atoms with Crippen molar-refractivity contribution < 1.29 is 18.3 Å². The van der Waals surface area contributed by atoms with Crippen molar-refractivity contribution in [3.05, 3.63) is 70.0 Å². The van der Waals surface area contributed by atoms with Crippen LogP contribution in [0.2, 0.25) is 5.02 Å². The molecule has 94 valence electrons. The van der Waals surface area contributed by atoms with Crippen molar-refractivity contribution in [2.45, 2.75) is 6.10 Å². The maximum atomic E-state index is 13.2. The number of halogens is 4. The molecule has 1 unspecified atom stereocenters. The van der Waals surface area contributed by atoms with Gasteiger partial charge in [-0.25, -0.2) is 13.2 Å². The Balaban J connectivity index is 2.37. The van der Waals surface area contributed by atoms with E-state index in [-0.39, 0.29) is 16.1 Å². The van der Waals surface area contributed by atoms with E-state index in [4.69, 9.17) is 11.6 Å². The Morgan fingerprint density at radius 3 is 1.94 bits per heavy atom. The number of aliphatic hydroxyl groups is 1. The van der Waals surface area contributed by atoms with Gasteiger partial charge in [-0.2, -0.15) is 0 Å². The van der Waals surface area contributed by atoms with Crippen molar-refractivity contribution in [3.63, 3.8) is 0 Å². The minimum absolute atomic E-state index is 0.0729. The van der Waals surface area contributed by atoms with Gasteiger partial charge in [0.15, 0.2) is 11.6 Å². The Morgan fingerprint density at radius 2 is 1.39 bits per heavy atom. The molecular formula is C13H8ClF3O. The summed E-state index contributed by atoms with van der Waals surface area (Å²) in [5, 5.41) is 9.85. The molecule has 0 amide bonds. The summed E-state index contributed by atoms with van der Waals surface area (Å²) in [7, 11) is 0. The molecule has 5 heteroatoms. The van der Waals surface area contributed by atoms with Crippen molar-refractivity contribution in [1.82, 2.24) is 0 Å². The monoisotopic (exact) mass is 272 g/mol. The van der Waals surface area contributed by atoms with Gasteiger partial charge in [0, 0.05) is 0 Å². The largest absolute Gasteiger partial charge is 0.384 e. The standard InChI is InChI=1S/C13H8ClF3O/c14-9-3-1-7(5-11(9)16)13(18)8-2-4-10(15)12(17)6-8/h1-6,13,18H. The zero-order chi connectivity index (χ0) is 13.3. The fourth-order valence-corrected chi connectivity index (χ4v) is 1.67. The number of benzene rings is 2. The average Bonchev–Trinajstić information content (AvgIpc) is 2.35. The predicted octanol–water partition coefficient (Wildman–Crippen LogP) is 3.84. The summed E-state index contributed by atoms with van der Waals surface area (Å²) in [6.45, 7) is 0. The fraction of sp³-hybridized carbons (Fsp3) is 0.0769. The number of aliphatic hydroxyl groups excluding tert-OH is 1. The van der Waals surface area contributed by atoms with Gasteiger partial charge in [-0.05, 0) is 35.4 Å². The van der Waals surface area contributed by atoms with Crippen LogP contribution in [0.25, 0.3) is 0 Å². The quantitative estimate of drug-likeness (QED) is 0.881. The van der Waals surface area contributed by atoms with Crippen LogP contribution in [0.1, 0.15) is 17.2 Å². The Labute approximate surface area is 106 Å². The van der Waals surface area contributed by atoms with Crippen LogP contribution in [0.15, 0.2) is 36.4 Å². The predicted molar refractivity (Wildman–Crippen MR) is 61.8 cm³/mol. The highest BCUT2D eigenvalue weighted by atomic mass is 35.5. The summed E-state index contributed by atoms with van der Waals surface area (Å²) in [5.41, 5.74) is 0.346. The van der Waals surface area contributed by atoms with Crippen molar-refractivity contribution in [2.75, 3.05) is 0 Å². The lowest BCUT2D eigenvalue weighted by molar-refractivity contribution is 0.219. The van der Waals surface area contributed by atoms with Gasteiger partial charge in [-0.3, -0.25) is 0 Å². The van der Waals surface area contributed by atoms with Gasteiger partial charge in [0.2, 0.25) is 0 Å². The van der Waals surface area contributed by atoms with Crippen molar-refractivity contribution in [3.8, 4) is 0 Å². The lowest BCUT2D eigenvalue weighted by Gasteiger charge is -2.12. The molecule has 0 saturated carbocycles. The molecule has 2 aromatic rings. The van der Waals surface area contributed by atoms with E-state index in [0.29, 0.717) is 0 Å². The van der Waals surface area contributed by atoms with Gasteiger partial charge in [-0.15, -0.1) is 0 Å². The minimum atomic E-state index is -1.24. The molecule has 0 spiro atoms. The first-order chi connectivity index (χ1) is 8.49. The van der Waals surface area contributed by atoms with E-state index in [1.54, 1.807) is 0 Å². The molecule has 0 aromatic heterocycles. The zero-order valence-electron chi connectivity index (χ0n) is 9.00. The molecule has 1 atom stereocenters. The minimum Gasteiger partial charge on any atom is -0.384 e. The van der Waals surface area contributed by atoms with Crippen molar-refractivity contribution in [2.24, 2.45) is 0 Å². The average molecular weight is 273 g/mol. The maximum absolute atomic E-state index is 13.2. The first kappa shape index (κ1) is 12.9. The van der Waals surface area contributed by atoms with Crippen LogP contribution in [0, 0.1) is 17.5 Å². The molecular weight excluding hydrogens is 265 g/mol. The molecule has 1 nitrogen and oxygen atoms in total. The normalized spacial score (nSPS) is 12.5. The van der Waals surface area contributed by atoms with E-state index >= 15 is 0 Å². The van der Waals surface area contributed by atoms with Crippen LogP contribution in [-0.2, 0) is 0 Å². The third kappa shape index (κ3) is 2.49. The summed E-state index contributed by atoms with van der Waals surface area (Å²) in [5.74, 6) is -2.76. The van der Waals surface area contributed by atoms with Gasteiger partial charge in [0.25, 0.3) is 0 Å². The lowest BCUT2D eigenvalue weighted by Crippen LogP contribution is -2.01. The summed E-state index contributed by atoms with van der Waals surface area (Å²) < 4.78 is 39.0. The molecule has 2 aromatic carbocycles. The van der Waals surface area contributed by atoms with E-state index in [9.17, 15) is 18.3 Å². The van der Waals surface area contributed by atoms with Gasteiger partial charge in [0.05, 0.1) is 5.02 Å². The third-order valence-electron chi connectivity index (χ3n) is 2.52. The van der Waals surface area contributed by atoms with Gasteiger partial charge in [0.1, 0.15) is 11.9 Å². The Morgan fingerprint density at radius 1 is 0.833 bits per heavy atom. The summed E-state index contributed by atoms with van der Waals surface area (Å²) in [4.78, 5) is 0. The van der Waals surface area contributed by atoms with Crippen LogP contribution < -0.4 is 0 Å². The molecule has 0 heterocycles. The van der Waals surface area contributed by atoms with Crippen LogP contribution in [0.4, 0.5) is 13.2 Å². The molecule has 0 radical (unpaired) electrons. The van der Waals surface area contributed by atoms with Crippen LogP contribution in [-0.4, -0.2) is 5.11 Å². The van der Waals surface area contributed by atoms with E-state index in [0.717, 1.165) is 18.2 Å². The number of hydrogen-bond acceptors (Lipinski definition) is 1. The summed E-state index contributed by atoms with van der Waals surface area (Å²) >= 11 is 5.51. The summed E-state index contributed by atoms with van der Waals surface area (Å²) in [6, 6.07) is 6.75. The van der Waals surface area contributed by atoms with Crippen molar-refractivity contribution >= 4 is 11.6 Å². The second kappa shape index (κ2) is 5.00. The highest BCUT2D eigenvalue weighted by Crippen LogP contribution is 2.26. The Bertz CT molecular complexity index is 535. The molecule has 0 aliphatic heterocycles.